The molecule has 100 valence electrons. The Balaban J connectivity index is 2.18. The summed E-state index contributed by atoms with van der Waals surface area (Å²) in [6, 6.07) is 8.14. The second kappa shape index (κ2) is 5.38. The van der Waals surface area contributed by atoms with Gasteiger partial charge in [-0.15, -0.1) is 0 Å². The Morgan fingerprint density at radius 1 is 1.39 bits per heavy atom. The van der Waals surface area contributed by atoms with E-state index in [1.165, 1.54) is 5.56 Å². The maximum atomic E-state index is 11.5. The quantitative estimate of drug-likeness (QED) is 0.635. The normalized spacial score (nSPS) is 24.0. The second-order valence-corrected chi connectivity index (χ2v) is 7.13. The Morgan fingerprint density at radius 3 is 2.50 bits per heavy atom. The van der Waals surface area contributed by atoms with E-state index in [2.05, 4.69) is 24.5 Å². The molecule has 0 bridgehead atoms. The number of benzene rings is 1. The number of rotatable bonds is 4. The Bertz CT molecular complexity index is 496. The van der Waals surface area contributed by atoms with Crippen LogP contribution in [0.4, 0.5) is 0 Å². The second-order valence-electron chi connectivity index (χ2n) is 4.90. The van der Waals surface area contributed by atoms with Crippen LogP contribution in [0.25, 0.3) is 0 Å². The number of sulfone groups is 1. The fourth-order valence-corrected chi connectivity index (χ4v) is 4.39. The highest BCUT2D eigenvalue weighted by molar-refractivity contribution is 7.91. The summed E-state index contributed by atoms with van der Waals surface area (Å²) in [5.74, 6) is 6.19. The lowest BCUT2D eigenvalue weighted by molar-refractivity contribution is 0.399. The van der Waals surface area contributed by atoms with Crippen LogP contribution in [0.3, 0.4) is 0 Å². The molecule has 18 heavy (non-hydrogen) atoms. The SMILES string of the molecule is CCc1ccc(C(NN)C2CCS(=O)(=O)C2)cc1. The van der Waals surface area contributed by atoms with Gasteiger partial charge < -0.3 is 0 Å². The Kier molecular flexibility index (Phi) is 4.04. The van der Waals surface area contributed by atoms with Crippen LogP contribution in [0, 0.1) is 5.92 Å². The fourth-order valence-electron chi connectivity index (χ4n) is 2.55. The highest BCUT2D eigenvalue weighted by Crippen LogP contribution is 2.31. The zero-order valence-electron chi connectivity index (χ0n) is 10.6. The van der Waals surface area contributed by atoms with E-state index in [1.54, 1.807) is 0 Å². The van der Waals surface area contributed by atoms with Crippen molar-refractivity contribution >= 4 is 9.84 Å². The van der Waals surface area contributed by atoms with Crippen LogP contribution < -0.4 is 11.3 Å². The number of aryl methyl sites for hydroxylation is 1. The first-order chi connectivity index (χ1) is 8.55. The molecule has 3 N–H and O–H groups in total. The van der Waals surface area contributed by atoms with Crippen molar-refractivity contribution in [2.45, 2.75) is 25.8 Å². The maximum absolute atomic E-state index is 11.5. The van der Waals surface area contributed by atoms with Crippen LogP contribution in [-0.4, -0.2) is 19.9 Å². The average Bonchev–Trinajstić information content (AvgIpc) is 2.71. The Hall–Kier alpha value is -0.910. The molecule has 4 nitrogen and oxygen atoms in total. The molecule has 1 aliphatic heterocycles. The zero-order chi connectivity index (χ0) is 13.2. The number of hydrazine groups is 1. The number of hydrogen-bond acceptors (Lipinski definition) is 4. The molecule has 0 aromatic heterocycles. The molecule has 0 amide bonds. The van der Waals surface area contributed by atoms with E-state index in [1.807, 2.05) is 12.1 Å². The monoisotopic (exact) mass is 268 g/mol. The molecule has 0 radical (unpaired) electrons. The van der Waals surface area contributed by atoms with Gasteiger partial charge in [0.2, 0.25) is 0 Å². The van der Waals surface area contributed by atoms with Gasteiger partial charge in [-0.2, -0.15) is 0 Å². The molecular formula is C13H20N2O2S. The van der Waals surface area contributed by atoms with Crippen LogP contribution in [0.15, 0.2) is 24.3 Å². The summed E-state index contributed by atoms with van der Waals surface area (Å²) >= 11 is 0. The summed E-state index contributed by atoms with van der Waals surface area (Å²) in [5.41, 5.74) is 5.11. The summed E-state index contributed by atoms with van der Waals surface area (Å²) in [6.45, 7) is 2.11. The molecule has 0 spiro atoms. The fraction of sp³-hybridized carbons (Fsp3) is 0.538. The highest BCUT2D eigenvalue weighted by atomic mass is 32.2. The first-order valence-electron chi connectivity index (χ1n) is 6.31. The predicted octanol–water partition coefficient (Wildman–Crippen LogP) is 1.19. The minimum Gasteiger partial charge on any atom is -0.271 e. The average molecular weight is 268 g/mol. The first-order valence-corrected chi connectivity index (χ1v) is 8.13. The van der Waals surface area contributed by atoms with Gasteiger partial charge in [-0.3, -0.25) is 11.3 Å². The molecule has 2 atom stereocenters. The standard InChI is InChI=1S/C13H20N2O2S/c1-2-10-3-5-11(6-4-10)13(15-14)12-7-8-18(16,17)9-12/h3-6,12-13,15H,2,7-9,14H2,1H3. The number of nitrogens with one attached hydrogen (secondary N) is 1. The van der Waals surface area contributed by atoms with Crippen LogP contribution in [0.5, 0.6) is 0 Å². The van der Waals surface area contributed by atoms with E-state index in [4.69, 9.17) is 5.84 Å². The van der Waals surface area contributed by atoms with Crippen molar-refractivity contribution in [3.8, 4) is 0 Å². The molecular weight excluding hydrogens is 248 g/mol. The van der Waals surface area contributed by atoms with Gasteiger partial charge in [0.1, 0.15) is 0 Å². The first kappa shape index (κ1) is 13.5. The molecule has 1 aliphatic rings. The van der Waals surface area contributed by atoms with E-state index in [0.29, 0.717) is 6.42 Å². The van der Waals surface area contributed by atoms with Gasteiger partial charge in [-0.1, -0.05) is 31.2 Å². The van der Waals surface area contributed by atoms with Gasteiger partial charge in [0.15, 0.2) is 9.84 Å². The van der Waals surface area contributed by atoms with Gasteiger partial charge in [0, 0.05) is 6.04 Å². The van der Waals surface area contributed by atoms with Gasteiger partial charge in [-0.05, 0) is 29.9 Å². The topological polar surface area (TPSA) is 72.2 Å². The van der Waals surface area contributed by atoms with Crippen molar-refractivity contribution in [1.82, 2.24) is 5.43 Å². The summed E-state index contributed by atoms with van der Waals surface area (Å²) in [6.07, 6.45) is 1.69. The molecule has 0 aliphatic carbocycles. The van der Waals surface area contributed by atoms with Crippen molar-refractivity contribution in [3.05, 3.63) is 35.4 Å². The molecule has 1 aromatic rings. The van der Waals surface area contributed by atoms with E-state index in [0.717, 1.165) is 12.0 Å². The zero-order valence-corrected chi connectivity index (χ0v) is 11.4. The molecule has 2 unspecified atom stereocenters. The molecule has 5 heteroatoms. The lowest BCUT2D eigenvalue weighted by Gasteiger charge is -2.22. The van der Waals surface area contributed by atoms with E-state index < -0.39 is 9.84 Å². The van der Waals surface area contributed by atoms with Crippen molar-refractivity contribution in [3.63, 3.8) is 0 Å². The third kappa shape index (κ3) is 2.91. The minimum absolute atomic E-state index is 0.0758. The van der Waals surface area contributed by atoms with Crippen molar-refractivity contribution in [1.29, 1.82) is 0 Å². The third-order valence-corrected chi connectivity index (χ3v) is 5.46. The van der Waals surface area contributed by atoms with E-state index >= 15 is 0 Å². The number of nitrogens with two attached hydrogens (primary N) is 1. The van der Waals surface area contributed by atoms with Crippen LogP contribution in [0.2, 0.25) is 0 Å². The van der Waals surface area contributed by atoms with Crippen LogP contribution in [0.1, 0.15) is 30.5 Å². The summed E-state index contributed by atoms with van der Waals surface area (Å²) in [4.78, 5) is 0. The lowest BCUT2D eigenvalue weighted by atomic mass is 9.92. The third-order valence-electron chi connectivity index (χ3n) is 3.67. The van der Waals surface area contributed by atoms with Crippen LogP contribution >= 0.6 is 0 Å². The highest BCUT2D eigenvalue weighted by Gasteiger charge is 2.33. The van der Waals surface area contributed by atoms with Crippen LogP contribution in [-0.2, 0) is 16.3 Å². The van der Waals surface area contributed by atoms with E-state index in [9.17, 15) is 8.42 Å². The summed E-state index contributed by atoms with van der Waals surface area (Å²) < 4.78 is 23.0. The Labute approximate surface area is 108 Å². The summed E-state index contributed by atoms with van der Waals surface area (Å²) in [5, 5.41) is 0. The van der Waals surface area contributed by atoms with E-state index in [-0.39, 0.29) is 23.5 Å². The summed E-state index contributed by atoms with van der Waals surface area (Å²) in [7, 11) is -2.87. The van der Waals surface area contributed by atoms with Crippen molar-refractivity contribution in [2.75, 3.05) is 11.5 Å². The molecule has 1 aromatic carbocycles. The smallest absolute Gasteiger partial charge is 0.150 e. The lowest BCUT2D eigenvalue weighted by Crippen LogP contribution is -2.34. The molecule has 0 saturated carbocycles. The Morgan fingerprint density at radius 2 is 2.06 bits per heavy atom. The van der Waals surface area contributed by atoms with Gasteiger partial charge in [-0.25, -0.2) is 8.42 Å². The van der Waals surface area contributed by atoms with Gasteiger partial charge in [0.25, 0.3) is 0 Å². The number of hydrogen-bond donors (Lipinski definition) is 2. The molecule has 2 rings (SSSR count). The molecule has 1 saturated heterocycles. The minimum atomic E-state index is -2.87. The van der Waals surface area contributed by atoms with Crippen molar-refractivity contribution < 1.29 is 8.42 Å². The largest absolute Gasteiger partial charge is 0.271 e. The maximum Gasteiger partial charge on any atom is 0.150 e. The molecule has 1 fully saturated rings. The van der Waals surface area contributed by atoms with Gasteiger partial charge in [0.05, 0.1) is 11.5 Å². The van der Waals surface area contributed by atoms with Gasteiger partial charge >= 0.3 is 0 Å². The molecule has 1 heterocycles. The predicted molar refractivity (Wildman–Crippen MR) is 72.6 cm³/mol. The van der Waals surface area contributed by atoms with Crippen molar-refractivity contribution in [2.24, 2.45) is 11.8 Å².